The number of fused-ring (bicyclic) bond motifs is 2. The molecule has 1 unspecified atom stereocenters. The molecule has 0 aliphatic carbocycles. The van der Waals surface area contributed by atoms with E-state index in [0.717, 1.165) is 39.7 Å². The van der Waals surface area contributed by atoms with Gasteiger partial charge in [0.2, 0.25) is 0 Å². The van der Waals surface area contributed by atoms with Crippen molar-refractivity contribution < 1.29 is 9.50 Å². The van der Waals surface area contributed by atoms with Crippen molar-refractivity contribution in [3.05, 3.63) is 60.3 Å². The highest BCUT2D eigenvalue weighted by Crippen LogP contribution is 2.33. The minimum atomic E-state index is -0.638. The van der Waals surface area contributed by atoms with E-state index in [1.165, 1.54) is 6.07 Å². The molecule has 0 fully saturated rings. The van der Waals surface area contributed by atoms with Crippen molar-refractivity contribution in [3.63, 3.8) is 0 Å². The van der Waals surface area contributed by atoms with Gasteiger partial charge in [-0.05, 0) is 36.8 Å². The summed E-state index contributed by atoms with van der Waals surface area (Å²) in [6, 6.07) is 8.79. The Morgan fingerprint density at radius 3 is 2.83 bits per heavy atom. The van der Waals surface area contributed by atoms with Crippen LogP contribution in [0.5, 0.6) is 0 Å². The highest BCUT2D eigenvalue weighted by Gasteiger charge is 2.18. The number of aromatic nitrogens is 7. The Morgan fingerprint density at radius 2 is 2.00 bits per heavy atom. The number of halogens is 1. The number of imidazole rings is 1. The molecule has 4 N–H and O–H groups in total. The van der Waals surface area contributed by atoms with Crippen molar-refractivity contribution in [3.8, 4) is 33.3 Å². The molecule has 11 heteroatoms. The summed E-state index contributed by atoms with van der Waals surface area (Å²) in [5.74, 6) is 0.566. The number of hydrogen-bond acceptors (Lipinski definition) is 8. The summed E-state index contributed by atoms with van der Waals surface area (Å²) in [6.45, 7) is 2.02. The van der Waals surface area contributed by atoms with Crippen molar-refractivity contribution in [2.24, 2.45) is 0 Å². The van der Waals surface area contributed by atoms with Crippen LogP contribution in [-0.2, 0) is 0 Å². The number of aliphatic hydroxyl groups excluding tert-OH is 1. The molecule has 9 nitrogen and oxygen atoms in total. The van der Waals surface area contributed by atoms with Gasteiger partial charge in [0.25, 0.3) is 0 Å². The van der Waals surface area contributed by atoms with Crippen LogP contribution in [0.15, 0.2) is 55.1 Å². The van der Waals surface area contributed by atoms with Crippen LogP contribution in [0.2, 0.25) is 0 Å². The highest BCUT2D eigenvalue weighted by atomic mass is 32.1. The van der Waals surface area contributed by atoms with Crippen molar-refractivity contribution >= 4 is 39.0 Å². The maximum atomic E-state index is 13.6. The average Bonchev–Trinajstić information content (AvgIpc) is 3.61. The Morgan fingerprint density at radius 1 is 1.08 bits per heavy atom. The highest BCUT2D eigenvalue weighted by molar-refractivity contribution is 7.13. The first-order valence-corrected chi connectivity index (χ1v) is 12.3. The molecule has 0 saturated heterocycles. The molecule has 0 aromatic carbocycles. The quantitative estimate of drug-likeness (QED) is 0.217. The van der Waals surface area contributed by atoms with Gasteiger partial charge in [0.05, 0.1) is 39.7 Å². The molecular weight excluding hydrogens is 479 g/mol. The van der Waals surface area contributed by atoms with Crippen molar-refractivity contribution in [1.29, 1.82) is 0 Å². The van der Waals surface area contributed by atoms with Crippen molar-refractivity contribution in [2.75, 3.05) is 5.32 Å². The zero-order valence-electron chi connectivity index (χ0n) is 19.2. The first-order valence-electron chi connectivity index (χ1n) is 11.4. The third kappa shape index (κ3) is 4.08. The second-order valence-electron chi connectivity index (χ2n) is 8.34. The number of H-pyrrole nitrogens is 2. The lowest BCUT2D eigenvalue weighted by atomic mass is 10.1. The molecule has 0 aliphatic heterocycles. The Kier molecular flexibility index (Phi) is 5.62. The molecule has 36 heavy (non-hydrogen) atoms. The van der Waals surface area contributed by atoms with Gasteiger partial charge in [0, 0.05) is 23.3 Å². The summed E-state index contributed by atoms with van der Waals surface area (Å²) in [5, 5.41) is 21.2. The largest absolute Gasteiger partial charge is 0.374 e. The number of rotatable bonds is 7. The summed E-state index contributed by atoms with van der Waals surface area (Å²) < 4.78 is 13.6. The van der Waals surface area contributed by atoms with Gasteiger partial charge in [-0.2, -0.15) is 9.49 Å². The topological polar surface area (TPSA) is 128 Å². The lowest BCUT2D eigenvalue weighted by molar-refractivity contribution is 0.192. The molecule has 1 atom stereocenters. The number of hydrogen-bond donors (Lipinski definition) is 4. The van der Waals surface area contributed by atoms with E-state index in [9.17, 15) is 9.50 Å². The third-order valence-electron chi connectivity index (χ3n) is 5.81. The molecule has 0 aliphatic rings. The van der Waals surface area contributed by atoms with E-state index in [-0.39, 0.29) is 5.13 Å². The van der Waals surface area contributed by atoms with Crippen LogP contribution >= 0.6 is 11.3 Å². The normalized spacial score (nSPS) is 12.4. The number of thiophene rings is 1. The van der Waals surface area contributed by atoms with Gasteiger partial charge in [-0.15, -0.1) is 11.3 Å². The van der Waals surface area contributed by atoms with Crippen LogP contribution in [0.4, 0.5) is 10.1 Å². The van der Waals surface area contributed by atoms with E-state index >= 15 is 0 Å². The number of pyridine rings is 3. The molecule has 0 radical (unpaired) electrons. The number of anilines is 1. The van der Waals surface area contributed by atoms with Gasteiger partial charge in [0.1, 0.15) is 23.1 Å². The summed E-state index contributed by atoms with van der Waals surface area (Å²) in [4.78, 5) is 22.1. The molecule has 180 valence electrons. The molecule has 6 rings (SSSR count). The van der Waals surface area contributed by atoms with E-state index in [2.05, 4.69) is 35.5 Å². The Labute approximate surface area is 208 Å². The Balaban J connectivity index is 1.40. The fourth-order valence-electron chi connectivity index (χ4n) is 4.12. The summed E-state index contributed by atoms with van der Waals surface area (Å²) in [6.07, 6.45) is 7.66. The molecular formula is C25H21FN8OS. The minimum Gasteiger partial charge on any atom is -0.374 e. The fraction of sp³-hybridized carbons (Fsp3) is 0.160. The second kappa shape index (κ2) is 9.10. The maximum Gasteiger partial charge on any atom is 0.177 e. The predicted octanol–water partition coefficient (Wildman–Crippen LogP) is 5.36. The van der Waals surface area contributed by atoms with E-state index in [0.29, 0.717) is 45.4 Å². The van der Waals surface area contributed by atoms with Crippen LogP contribution in [0.25, 0.3) is 55.3 Å². The zero-order valence-corrected chi connectivity index (χ0v) is 20.0. The first kappa shape index (κ1) is 22.3. The summed E-state index contributed by atoms with van der Waals surface area (Å²) in [5.41, 5.74) is 5.66. The lowest BCUT2D eigenvalue weighted by Gasteiger charge is -2.13. The van der Waals surface area contributed by atoms with Crippen LogP contribution in [0, 0.1) is 5.13 Å². The smallest absolute Gasteiger partial charge is 0.177 e. The van der Waals surface area contributed by atoms with E-state index in [1.807, 2.05) is 25.1 Å². The maximum absolute atomic E-state index is 13.6. The number of nitrogens with one attached hydrogen (secondary N) is 3. The van der Waals surface area contributed by atoms with Gasteiger partial charge < -0.3 is 15.4 Å². The SMILES string of the molecule is CCCC(O)Nc1cncc(-c2cc3c(-c4nc5c(-c6ccc(F)s6)nccc5[nH]4)n[nH]c3cn2)c1. The fourth-order valence-corrected chi connectivity index (χ4v) is 4.85. The number of aromatic amines is 2. The monoisotopic (exact) mass is 500 g/mol. The Hall–Kier alpha value is -4.22. The van der Waals surface area contributed by atoms with Crippen LogP contribution in [-0.4, -0.2) is 46.5 Å². The van der Waals surface area contributed by atoms with Gasteiger partial charge in [-0.25, -0.2) is 4.98 Å². The predicted molar refractivity (Wildman–Crippen MR) is 138 cm³/mol. The zero-order chi connectivity index (χ0) is 24.6. The van der Waals surface area contributed by atoms with E-state index in [1.54, 1.807) is 30.9 Å². The second-order valence-corrected chi connectivity index (χ2v) is 9.38. The molecule has 0 amide bonds. The van der Waals surface area contributed by atoms with Gasteiger partial charge in [0.15, 0.2) is 11.0 Å². The van der Waals surface area contributed by atoms with Crippen LogP contribution in [0.3, 0.4) is 0 Å². The Bertz CT molecular complexity index is 1690. The third-order valence-corrected chi connectivity index (χ3v) is 6.69. The number of aliphatic hydroxyl groups is 1. The average molecular weight is 501 g/mol. The summed E-state index contributed by atoms with van der Waals surface area (Å²) in [7, 11) is 0. The molecule has 0 saturated carbocycles. The van der Waals surface area contributed by atoms with Crippen molar-refractivity contribution in [2.45, 2.75) is 26.0 Å². The molecule has 0 spiro atoms. The molecule has 0 bridgehead atoms. The van der Waals surface area contributed by atoms with Gasteiger partial charge in [-0.1, -0.05) is 13.3 Å². The van der Waals surface area contributed by atoms with Gasteiger partial charge in [-0.3, -0.25) is 20.1 Å². The first-order chi connectivity index (χ1) is 17.6. The molecule has 6 aromatic rings. The summed E-state index contributed by atoms with van der Waals surface area (Å²) >= 11 is 1.03. The minimum absolute atomic E-state index is 0.272. The van der Waals surface area contributed by atoms with Crippen molar-refractivity contribution in [1.82, 2.24) is 35.1 Å². The van der Waals surface area contributed by atoms with E-state index in [4.69, 9.17) is 4.98 Å². The van der Waals surface area contributed by atoms with Crippen LogP contribution in [0.1, 0.15) is 19.8 Å². The lowest BCUT2D eigenvalue weighted by Crippen LogP contribution is -2.18. The standard InChI is InChI=1S/C25H21FN8OS/c1-2-3-21(35)30-14-8-13(10-27-11-14)17-9-15-18(12-29-17)33-34-22(15)25-31-16-6-7-28-24(23(16)32-25)19-4-5-20(26)36-19/h4-12,21,30,35H,2-3H2,1H3,(H,31,32)(H,33,34). The molecule has 6 heterocycles. The van der Waals surface area contributed by atoms with E-state index < -0.39 is 6.23 Å². The van der Waals surface area contributed by atoms with Gasteiger partial charge >= 0.3 is 0 Å². The number of nitrogens with zero attached hydrogens (tertiary/aromatic N) is 5. The van der Waals surface area contributed by atoms with Crippen LogP contribution < -0.4 is 5.32 Å². The molecule has 6 aromatic heterocycles.